The van der Waals surface area contributed by atoms with Crippen LogP contribution in [0.3, 0.4) is 0 Å². The summed E-state index contributed by atoms with van der Waals surface area (Å²) >= 11 is 0. The molecule has 128 valence electrons. The predicted molar refractivity (Wildman–Crippen MR) is 91.7 cm³/mol. The van der Waals surface area contributed by atoms with E-state index in [9.17, 15) is 4.79 Å². The molecular formula is C17H27N3O3. The van der Waals surface area contributed by atoms with Crippen molar-refractivity contribution in [3.05, 3.63) is 24.3 Å². The van der Waals surface area contributed by atoms with Gasteiger partial charge in [0, 0.05) is 38.1 Å². The molecular weight excluding hydrogens is 294 g/mol. The smallest absolute Gasteiger partial charge is 0.410 e. The highest BCUT2D eigenvalue weighted by Crippen LogP contribution is 2.23. The van der Waals surface area contributed by atoms with Crippen molar-refractivity contribution < 1.29 is 14.3 Å². The normalized spacial score (nSPS) is 18.9. The van der Waals surface area contributed by atoms with Crippen LogP contribution in [0.25, 0.3) is 0 Å². The van der Waals surface area contributed by atoms with Crippen LogP contribution in [0, 0.1) is 0 Å². The van der Waals surface area contributed by atoms with Crippen LogP contribution in [0.5, 0.6) is 0 Å². The van der Waals surface area contributed by atoms with Crippen molar-refractivity contribution in [3.8, 4) is 0 Å². The molecule has 0 saturated carbocycles. The SMILES string of the molecule is COC[C@H]1CN(C(=O)OC(C)(C)C)CCN1c1ccc(N)cc1. The number of benzene rings is 1. The number of carbonyl (C=O) groups is 1. The summed E-state index contributed by atoms with van der Waals surface area (Å²) in [6.45, 7) is 8.11. The average Bonchev–Trinajstić information content (AvgIpc) is 2.47. The molecule has 0 radical (unpaired) electrons. The van der Waals surface area contributed by atoms with Crippen molar-refractivity contribution in [2.24, 2.45) is 0 Å². The summed E-state index contributed by atoms with van der Waals surface area (Å²) in [4.78, 5) is 16.3. The van der Waals surface area contributed by atoms with E-state index >= 15 is 0 Å². The highest BCUT2D eigenvalue weighted by Gasteiger charge is 2.32. The Balaban J connectivity index is 2.08. The molecule has 2 rings (SSSR count). The zero-order valence-corrected chi connectivity index (χ0v) is 14.4. The van der Waals surface area contributed by atoms with Crippen LogP contribution >= 0.6 is 0 Å². The number of piperazine rings is 1. The van der Waals surface area contributed by atoms with Gasteiger partial charge in [0.1, 0.15) is 5.60 Å². The molecule has 0 bridgehead atoms. The molecule has 1 amide bonds. The van der Waals surface area contributed by atoms with E-state index in [0.29, 0.717) is 19.7 Å². The summed E-state index contributed by atoms with van der Waals surface area (Å²) in [6.07, 6.45) is -0.268. The number of nitrogens with two attached hydrogens (primary N) is 1. The Labute approximate surface area is 138 Å². The number of rotatable bonds is 3. The van der Waals surface area contributed by atoms with E-state index < -0.39 is 5.60 Å². The zero-order chi connectivity index (χ0) is 17.0. The highest BCUT2D eigenvalue weighted by atomic mass is 16.6. The minimum absolute atomic E-state index is 0.0879. The molecule has 1 atom stereocenters. The monoisotopic (exact) mass is 321 g/mol. The van der Waals surface area contributed by atoms with Crippen molar-refractivity contribution in [1.82, 2.24) is 4.90 Å². The Bertz CT molecular complexity index is 525. The number of carbonyl (C=O) groups excluding carboxylic acids is 1. The van der Waals surface area contributed by atoms with Crippen LogP contribution in [0.2, 0.25) is 0 Å². The maximum atomic E-state index is 12.3. The van der Waals surface area contributed by atoms with Gasteiger partial charge < -0.3 is 25.0 Å². The molecule has 1 fully saturated rings. The first-order valence-electron chi connectivity index (χ1n) is 7.89. The molecule has 23 heavy (non-hydrogen) atoms. The van der Waals surface area contributed by atoms with Gasteiger partial charge in [-0.3, -0.25) is 0 Å². The zero-order valence-electron chi connectivity index (χ0n) is 14.4. The number of hydrogen-bond donors (Lipinski definition) is 1. The summed E-state index contributed by atoms with van der Waals surface area (Å²) in [5.74, 6) is 0. The van der Waals surface area contributed by atoms with Gasteiger partial charge in [-0.05, 0) is 45.0 Å². The molecule has 1 aromatic rings. The molecule has 6 heteroatoms. The van der Waals surface area contributed by atoms with E-state index in [-0.39, 0.29) is 12.1 Å². The van der Waals surface area contributed by atoms with Crippen molar-refractivity contribution in [1.29, 1.82) is 0 Å². The number of nitrogens with zero attached hydrogens (tertiary/aromatic N) is 2. The number of amides is 1. The first-order valence-corrected chi connectivity index (χ1v) is 7.89. The van der Waals surface area contributed by atoms with E-state index in [1.54, 1.807) is 12.0 Å². The van der Waals surface area contributed by atoms with E-state index in [1.807, 2.05) is 45.0 Å². The number of nitrogen functional groups attached to an aromatic ring is 1. The highest BCUT2D eigenvalue weighted by molar-refractivity contribution is 5.69. The van der Waals surface area contributed by atoms with Crippen LogP contribution in [0.4, 0.5) is 16.2 Å². The van der Waals surface area contributed by atoms with Gasteiger partial charge in [-0.2, -0.15) is 0 Å². The molecule has 0 aliphatic carbocycles. The molecule has 0 aromatic heterocycles. The lowest BCUT2D eigenvalue weighted by atomic mass is 10.1. The van der Waals surface area contributed by atoms with Crippen LogP contribution in [-0.2, 0) is 9.47 Å². The van der Waals surface area contributed by atoms with Crippen LogP contribution in [0.1, 0.15) is 20.8 Å². The second-order valence-corrected chi connectivity index (χ2v) is 6.82. The fourth-order valence-corrected chi connectivity index (χ4v) is 2.69. The molecule has 1 aliphatic heterocycles. The Morgan fingerprint density at radius 1 is 1.26 bits per heavy atom. The topological polar surface area (TPSA) is 68.0 Å². The third kappa shape index (κ3) is 4.76. The van der Waals surface area contributed by atoms with Gasteiger partial charge in [0.2, 0.25) is 0 Å². The number of methoxy groups -OCH3 is 1. The van der Waals surface area contributed by atoms with E-state index in [0.717, 1.165) is 17.9 Å². The lowest BCUT2D eigenvalue weighted by Gasteiger charge is -2.42. The summed E-state index contributed by atoms with van der Waals surface area (Å²) in [5, 5.41) is 0. The first-order chi connectivity index (χ1) is 10.8. The van der Waals surface area contributed by atoms with Gasteiger partial charge in [0.15, 0.2) is 0 Å². The Morgan fingerprint density at radius 2 is 1.91 bits per heavy atom. The molecule has 0 unspecified atom stereocenters. The third-order valence-corrected chi connectivity index (χ3v) is 3.72. The fraction of sp³-hybridized carbons (Fsp3) is 0.588. The second kappa shape index (κ2) is 7.08. The summed E-state index contributed by atoms with van der Waals surface area (Å²) < 4.78 is 10.8. The number of anilines is 2. The molecule has 1 heterocycles. The minimum Gasteiger partial charge on any atom is -0.444 e. The van der Waals surface area contributed by atoms with Crippen molar-refractivity contribution in [3.63, 3.8) is 0 Å². The molecule has 1 aromatic carbocycles. The van der Waals surface area contributed by atoms with E-state index in [4.69, 9.17) is 15.2 Å². The lowest BCUT2D eigenvalue weighted by molar-refractivity contribution is 0.0186. The lowest BCUT2D eigenvalue weighted by Crippen LogP contribution is -2.57. The van der Waals surface area contributed by atoms with Crippen molar-refractivity contribution >= 4 is 17.5 Å². The standard InChI is InChI=1S/C17H27N3O3/c1-17(2,3)23-16(21)19-9-10-20(15(11-19)12-22-4)14-7-5-13(18)6-8-14/h5-8,15H,9-12,18H2,1-4H3/t15-/m1/s1. The van der Waals surface area contributed by atoms with Gasteiger partial charge in [0.25, 0.3) is 0 Å². The number of hydrogen-bond acceptors (Lipinski definition) is 5. The van der Waals surface area contributed by atoms with Crippen LogP contribution in [-0.4, -0.2) is 56.0 Å². The van der Waals surface area contributed by atoms with Gasteiger partial charge in [0.05, 0.1) is 12.6 Å². The maximum Gasteiger partial charge on any atom is 0.410 e. The van der Waals surface area contributed by atoms with Crippen LogP contribution in [0.15, 0.2) is 24.3 Å². The predicted octanol–water partition coefficient (Wildman–Crippen LogP) is 2.34. The Hall–Kier alpha value is -1.95. The molecule has 6 nitrogen and oxygen atoms in total. The summed E-state index contributed by atoms with van der Waals surface area (Å²) in [5.41, 5.74) is 7.10. The molecule has 1 saturated heterocycles. The minimum atomic E-state index is -0.484. The maximum absolute atomic E-state index is 12.3. The largest absolute Gasteiger partial charge is 0.444 e. The Morgan fingerprint density at radius 3 is 2.48 bits per heavy atom. The van der Waals surface area contributed by atoms with Crippen LogP contribution < -0.4 is 10.6 Å². The van der Waals surface area contributed by atoms with Crippen molar-refractivity contribution in [2.75, 3.05) is 44.0 Å². The fourth-order valence-electron chi connectivity index (χ4n) is 2.69. The average molecular weight is 321 g/mol. The summed E-state index contributed by atoms with van der Waals surface area (Å²) in [6, 6.07) is 7.87. The molecule has 0 spiro atoms. The second-order valence-electron chi connectivity index (χ2n) is 6.82. The Kier molecular flexibility index (Phi) is 5.36. The molecule has 2 N–H and O–H groups in total. The van der Waals surface area contributed by atoms with Gasteiger partial charge in [-0.15, -0.1) is 0 Å². The number of ether oxygens (including phenoxy) is 2. The van der Waals surface area contributed by atoms with E-state index in [2.05, 4.69) is 4.90 Å². The third-order valence-electron chi connectivity index (χ3n) is 3.72. The molecule has 1 aliphatic rings. The van der Waals surface area contributed by atoms with Gasteiger partial charge in [-0.1, -0.05) is 0 Å². The van der Waals surface area contributed by atoms with Crippen molar-refractivity contribution in [2.45, 2.75) is 32.4 Å². The van der Waals surface area contributed by atoms with Gasteiger partial charge >= 0.3 is 6.09 Å². The summed E-state index contributed by atoms with van der Waals surface area (Å²) in [7, 11) is 1.67. The van der Waals surface area contributed by atoms with E-state index in [1.165, 1.54) is 0 Å². The first kappa shape index (κ1) is 17.4. The quantitative estimate of drug-likeness (QED) is 0.866. The van der Waals surface area contributed by atoms with Gasteiger partial charge in [-0.25, -0.2) is 4.79 Å².